The van der Waals surface area contributed by atoms with Crippen molar-refractivity contribution < 1.29 is 9.53 Å². The Morgan fingerprint density at radius 1 is 1.52 bits per heavy atom. The van der Waals surface area contributed by atoms with Gasteiger partial charge >= 0.3 is 0 Å². The van der Waals surface area contributed by atoms with Crippen molar-refractivity contribution in [1.29, 1.82) is 5.26 Å². The standard InChI is InChI=1S/C18H19N3O2/c1-10-8-21(17(22)18-3-2-11(4-18)9-23-18)16-13-7-20-6-12(5-19)15(13)14(10)16/h6-7,10-11,14,16H,2-4,8-9H2,1H3/t10-,11?,14?,16+,18?/m0/s1. The van der Waals surface area contributed by atoms with E-state index in [2.05, 4.69) is 18.0 Å². The molecule has 0 N–H and O–H groups in total. The second kappa shape index (κ2) is 4.33. The molecule has 1 saturated carbocycles. The number of rotatable bonds is 1. The van der Waals surface area contributed by atoms with Crippen molar-refractivity contribution in [3.8, 4) is 6.07 Å². The molecule has 5 rings (SSSR count). The third kappa shape index (κ3) is 1.55. The number of hydrogen-bond acceptors (Lipinski definition) is 4. The average Bonchev–Trinajstić information content (AvgIpc) is 3.22. The van der Waals surface area contributed by atoms with Crippen LogP contribution in [0.2, 0.25) is 0 Å². The van der Waals surface area contributed by atoms with Crippen LogP contribution < -0.4 is 0 Å². The minimum Gasteiger partial charge on any atom is -0.365 e. The Kier molecular flexibility index (Phi) is 2.54. The number of nitriles is 1. The topological polar surface area (TPSA) is 66.2 Å². The average molecular weight is 309 g/mol. The van der Waals surface area contributed by atoms with Crippen LogP contribution in [-0.4, -0.2) is 34.5 Å². The van der Waals surface area contributed by atoms with E-state index in [1.165, 1.54) is 0 Å². The van der Waals surface area contributed by atoms with Gasteiger partial charge in [-0.3, -0.25) is 9.78 Å². The van der Waals surface area contributed by atoms with E-state index in [9.17, 15) is 10.1 Å². The van der Waals surface area contributed by atoms with Gasteiger partial charge in [-0.25, -0.2) is 0 Å². The Balaban J connectivity index is 1.52. The summed E-state index contributed by atoms with van der Waals surface area (Å²) < 4.78 is 5.93. The smallest absolute Gasteiger partial charge is 0.255 e. The van der Waals surface area contributed by atoms with E-state index < -0.39 is 5.60 Å². The first kappa shape index (κ1) is 13.5. The van der Waals surface area contributed by atoms with Crippen molar-refractivity contribution in [2.24, 2.45) is 11.8 Å². The number of aromatic nitrogens is 1. The molecular formula is C18H19N3O2. The lowest BCUT2D eigenvalue weighted by Gasteiger charge is -2.42. The molecule has 5 atom stereocenters. The summed E-state index contributed by atoms with van der Waals surface area (Å²) in [4.78, 5) is 19.5. The number of carbonyl (C=O) groups excluding carboxylic acids is 1. The van der Waals surface area contributed by atoms with Crippen molar-refractivity contribution in [2.75, 3.05) is 13.2 Å². The lowest BCUT2D eigenvalue weighted by molar-refractivity contribution is -0.156. The molecule has 3 unspecified atom stereocenters. The fourth-order valence-corrected chi connectivity index (χ4v) is 5.32. The highest BCUT2D eigenvalue weighted by Gasteiger charge is 2.59. The molecule has 0 radical (unpaired) electrons. The summed E-state index contributed by atoms with van der Waals surface area (Å²) in [6.07, 6.45) is 6.34. The molecule has 3 fully saturated rings. The lowest BCUT2D eigenvalue weighted by atomic mass is 9.69. The molecular weight excluding hydrogens is 290 g/mol. The van der Waals surface area contributed by atoms with Crippen LogP contribution in [0.4, 0.5) is 0 Å². The number of fused-ring (bicyclic) bond motifs is 6. The van der Waals surface area contributed by atoms with E-state index in [0.29, 0.717) is 17.4 Å². The molecule has 5 nitrogen and oxygen atoms in total. The highest BCUT2D eigenvalue weighted by atomic mass is 16.5. The van der Waals surface area contributed by atoms with Gasteiger partial charge in [0.1, 0.15) is 11.7 Å². The van der Waals surface area contributed by atoms with Crippen molar-refractivity contribution in [3.05, 3.63) is 29.1 Å². The zero-order valence-corrected chi connectivity index (χ0v) is 13.2. The molecule has 2 aliphatic carbocycles. The summed E-state index contributed by atoms with van der Waals surface area (Å²) in [5.74, 6) is 1.39. The van der Waals surface area contributed by atoms with Crippen molar-refractivity contribution >= 4 is 5.91 Å². The molecule has 2 aliphatic heterocycles. The number of amides is 1. The number of nitrogens with zero attached hydrogens (tertiary/aromatic N) is 3. The minimum atomic E-state index is -0.560. The molecule has 2 saturated heterocycles. The number of hydrogen-bond donors (Lipinski definition) is 0. The summed E-state index contributed by atoms with van der Waals surface area (Å²) in [6, 6.07) is 2.34. The summed E-state index contributed by atoms with van der Waals surface area (Å²) in [7, 11) is 0. The van der Waals surface area contributed by atoms with Crippen LogP contribution in [0.15, 0.2) is 12.4 Å². The number of pyridine rings is 1. The number of ether oxygens (including phenoxy) is 1. The largest absolute Gasteiger partial charge is 0.365 e. The van der Waals surface area contributed by atoms with Gasteiger partial charge in [0.25, 0.3) is 5.91 Å². The van der Waals surface area contributed by atoms with E-state index >= 15 is 0 Å². The Bertz CT molecular complexity index is 745. The van der Waals surface area contributed by atoms with E-state index in [1.54, 1.807) is 6.20 Å². The summed E-state index contributed by atoms with van der Waals surface area (Å²) in [6.45, 7) is 3.67. The molecule has 4 aliphatic rings. The quantitative estimate of drug-likeness (QED) is 0.797. The normalized spacial score (nSPS) is 39.6. The van der Waals surface area contributed by atoms with Crippen LogP contribution in [0.25, 0.3) is 0 Å². The van der Waals surface area contributed by atoms with Crippen molar-refractivity contribution in [2.45, 2.75) is 43.7 Å². The Morgan fingerprint density at radius 2 is 2.39 bits per heavy atom. The molecule has 1 amide bonds. The molecule has 118 valence electrons. The van der Waals surface area contributed by atoms with Crippen LogP contribution in [0.3, 0.4) is 0 Å². The molecule has 0 spiro atoms. The van der Waals surface area contributed by atoms with Gasteiger partial charge < -0.3 is 9.64 Å². The van der Waals surface area contributed by atoms with E-state index in [-0.39, 0.29) is 17.9 Å². The second-order valence-electron chi connectivity index (χ2n) is 7.62. The molecule has 23 heavy (non-hydrogen) atoms. The maximum Gasteiger partial charge on any atom is 0.255 e. The van der Waals surface area contributed by atoms with Gasteiger partial charge in [-0.15, -0.1) is 0 Å². The van der Waals surface area contributed by atoms with Gasteiger partial charge in [-0.1, -0.05) is 6.92 Å². The first-order valence-electron chi connectivity index (χ1n) is 8.47. The van der Waals surface area contributed by atoms with Crippen LogP contribution in [0.1, 0.15) is 54.8 Å². The monoisotopic (exact) mass is 309 g/mol. The Hall–Kier alpha value is -1.93. The van der Waals surface area contributed by atoms with Gasteiger partial charge in [0.15, 0.2) is 0 Å². The highest BCUT2D eigenvalue weighted by Crippen LogP contribution is 2.59. The highest BCUT2D eigenvalue weighted by molar-refractivity contribution is 5.87. The predicted octanol–water partition coefficient (Wildman–Crippen LogP) is 2.14. The summed E-state index contributed by atoms with van der Waals surface area (Å²) in [5.41, 5.74) is 2.29. The van der Waals surface area contributed by atoms with Crippen molar-refractivity contribution in [1.82, 2.24) is 9.88 Å². The fourth-order valence-electron chi connectivity index (χ4n) is 5.32. The van der Waals surface area contributed by atoms with E-state index in [1.807, 2.05) is 11.1 Å². The fraction of sp³-hybridized carbons (Fsp3) is 0.611. The van der Waals surface area contributed by atoms with Crippen LogP contribution >= 0.6 is 0 Å². The third-order valence-electron chi connectivity index (χ3n) is 6.39. The van der Waals surface area contributed by atoms with Gasteiger partial charge in [-0.2, -0.15) is 5.26 Å². The first-order chi connectivity index (χ1) is 11.1. The molecule has 0 aromatic carbocycles. The van der Waals surface area contributed by atoms with Crippen LogP contribution in [-0.2, 0) is 9.53 Å². The van der Waals surface area contributed by atoms with Gasteiger partial charge in [0, 0.05) is 24.9 Å². The number of carbonyl (C=O) groups is 1. The summed E-state index contributed by atoms with van der Waals surface area (Å²) in [5, 5.41) is 9.32. The molecule has 1 aromatic heterocycles. The zero-order valence-electron chi connectivity index (χ0n) is 13.2. The second-order valence-corrected chi connectivity index (χ2v) is 7.62. The maximum atomic E-state index is 13.2. The molecule has 3 heterocycles. The molecule has 1 aromatic rings. The summed E-state index contributed by atoms with van der Waals surface area (Å²) >= 11 is 0. The van der Waals surface area contributed by atoms with E-state index in [4.69, 9.17) is 4.74 Å². The van der Waals surface area contributed by atoms with Crippen LogP contribution in [0.5, 0.6) is 0 Å². The Labute approximate surface area is 135 Å². The molecule has 5 heteroatoms. The number of likely N-dealkylation sites (tertiary alicyclic amines) is 1. The van der Waals surface area contributed by atoms with Gasteiger partial charge in [-0.05, 0) is 42.2 Å². The maximum absolute atomic E-state index is 13.2. The Morgan fingerprint density at radius 3 is 3.04 bits per heavy atom. The predicted molar refractivity (Wildman–Crippen MR) is 81.3 cm³/mol. The van der Waals surface area contributed by atoms with E-state index in [0.717, 1.165) is 43.5 Å². The lowest BCUT2D eigenvalue weighted by Crippen LogP contribution is -2.49. The third-order valence-corrected chi connectivity index (χ3v) is 6.39. The first-order valence-corrected chi connectivity index (χ1v) is 8.47. The van der Waals surface area contributed by atoms with Crippen LogP contribution in [0, 0.1) is 23.2 Å². The van der Waals surface area contributed by atoms with Gasteiger partial charge in [0.2, 0.25) is 0 Å². The SMILES string of the molecule is C[C@H]1CN(C(=O)C23CCC(CO2)C3)[C@@H]2c3cncc(C#N)c3C21. The minimum absolute atomic E-state index is 0.0888. The zero-order chi connectivity index (χ0) is 15.8. The van der Waals surface area contributed by atoms with Crippen molar-refractivity contribution in [3.63, 3.8) is 0 Å². The molecule has 2 bridgehead atoms. The van der Waals surface area contributed by atoms with Gasteiger partial charge in [0.05, 0.1) is 18.2 Å².